The van der Waals surface area contributed by atoms with Gasteiger partial charge in [0.15, 0.2) is 15.5 Å². The zero-order chi connectivity index (χ0) is 20.7. The number of nitrogens with zero attached hydrogens (tertiary/aromatic N) is 3. The van der Waals surface area contributed by atoms with Crippen molar-refractivity contribution in [2.24, 2.45) is 5.92 Å². The van der Waals surface area contributed by atoms with Crippen LogP contribution in [0, 0.1) is 5.92 Å². The summed E-state index contributed by atoms with van der Waals surface area (Å²) in [5.74, 6) is 0.0669. The highest BCUT2D eigenvalue weighted by Gasteiger charge is 2.37. The van der Waals surface area contributed by atoms with Crippen molar-refractivity contribution < 1.29 is 17.9 Å². The van der Waals surface area contributed by atoms with E-state index in [1.54, 1.807) is 17.0 Å². The Balaban J connectivity index is 1.62. The van der Waals surface area contributed by atoms with Crippen molar-refractivity contribution in [2.45, 2.75) is 30.0 Å². The number of ether oxygens (including phenoxy) is 1. The van der Waals surface area contributed by atoms with Gasteiger partial charge in [-0.15, -0.1) is 0 Å². The molecule has 1 amide bonds. The summed E-state index contributed by atoms with van der Waals surface area (Å²) in [6, 6.07) is 7.07. The standard InChI is InChI=1S/C21H26N4O4S/c26-21(24-9-11-29-12-10-24)19-17-14-30(27,28)18-4-2-1-3-16(18)20(17)25(23-19)13-15-5-7-22-8-6-15/h1-4,15,22H,5-14H2. The van der Waals surface area contributed by atoms with Crippen LogP contribution in [-0.4, -0.2) is 68.4 Å². The van der Waals surface area contributed by atoms with Crippen molar-refractivity contribution in [1.82, 2.24) is 20.0 Å². The number of nitrogens with one attached hydrogen (secondary N) is 1. The van der Waals surface area contributed by atoms with Crippen LogP contribution in [0.3, 0.4) is 0 Å². The first-order valence-corrected chi connectivity index (χ1v) is 12.2. The second kappa shape index (κ2) is 7.79. The molecule has 3 aliphatic heterocycles. The molecule has 0 saturated carbocycles. The van der Waals surface area contributed by atoms with E-state index < -0.39 is 9.84 Å². The molecule has 1 N–H and O–H groups in total. The number of amides is 1. The lowest BCUT2D eigenvalue weighted by atomic mass is 9.97. The van der Waals surface area contributed by atoms with Crippen LogP contribution in [0.2, 0.25) is 0 Å². The van der Waals surface area contributed by atoms with Gasteiger partial charge in [-0.2, -0.15) is 5.10 Å². The molecule has 0 radical (unpaired) electrons. The van der Waals surface area contributed by atoms with Gasteiger partial charge in [-0.3, -0.25) is 9.48 Å². The molecule has 0 bridgehead atoms. The first kappa shape index (κ1) is 19.7. The second-order valence-electron chi connectivity index (χ2n) is 8.21. The summed E-state index contributed by atoms with van der Waals surface area (Å²) in [7, 11) is -3.52. The average molecular weight is 431 g/mol. The minimum Gasteiger partial charge on any atom is -0.378 e. The van der Waals surface area contributed by atoms with E-state index in [9.17, 15) is 13.2 Å². The largest absolute Gasteiger partial charge is 0.378 e. The van der Waals surface area contributed by atoms with E-state index >= 15 is 0 Å². The van der Waals surface area contributed by atoms with Crippen LogP contribution in [0.1, 0.15) is 28.9 Å². The molecule has 0 spiro atoms. The molecule has 8 nitrogen and oxygen atoms in total. The quantitative estimate of drug-likeness (QED) is 0.789. The predicted octanol–water partition coefficient (Wildman–Crippen LogP) is 1.31. The fourth-order valence-corrected chi connectivity index (χ4v) is 6.26. The number of piperidine rings is 1. The van der Waals surface area contributed by atoms with Crippen molar-refractivity contribution in [3.8, 4) is 11.3 Å². The van der Waals surface area contributed by atoms with Crippen molar-refractivity contribution in [2.75, 3.05) is 39.4 Å². The van der Waals surface area contributed by atoms with Crippen molar-refractivity contribution in [1.29, 1.82) is 0 Å². The zero-order valence-electron chi connectivity index (χ0n) is 16.8. The number of benzene rings is 1. The van der Waals surface area contributed by atoms with Crippen LogP contribution in [0.25, 0.3) is 11.3 Å². The SMILES string of the molecule is O=C(c1nn(CC2CCNCC2)c2c1CS(=O)(=O)c1ccccc1-2)N1CCOCC1. The van der Waals surface area contributed by atoms with Gasteiger partial charge < -0.3 is 15.0 Å². The Morgan fingerprint density at radius 1 is 1.17 bits per heavy atom. The molecule has 0 atom stereocenters. The molecule has 3 aliphatic rings. The zero-order valence-corrected chi connectivity index (χ0v) is 17.7. The Bertz CT molecular complexity index is 1070. The molecule has 2 fully saturated rings. The van der Waals surface area contributed by atoms with Gasteiger partial charge in [-0.1, -0.05) is 18.2 Å². The van der Waals surface area contributed by atoms with E-state index in [1.807, 2.05) is 16.8 Å². The summed E-state index contributed by atoms with van der Waals surface area (Å²) in [6.07, 6.45) is 2.09. The number of aromatic nitrogens is 2. The normalized spacial score (nSPS) is 21.1. The van der Waals surface area contributed by atoms with Gasteiger partial charge in [0.1, 0.15) is 0 Å². The molecule has 30 heavy (non-hydrogen) atoms. The fraction of sp³-hybridized carbons (Fsp3) is 0.524. The van der Waals surface area contributed by atoms with Gasteiger partial charge in [0.05, 0.1) is 29.6 Å². The first-order valence-electron chi connectivity index (χ1n) is 10.5. The van der Waals surface area contributed by atoms with E-state index in [2.05, 4.69) is 5.32 Å². The van der Waals surface area contributed by atoms with Crippen LogP contribution in [0.15, 0.2) is 29.2 Å². The Hall–Kier alpha value is -2.23. The van der Waals surface area contributed by atoms with Gasteiger partial charge in [0.25, 0.3) is 5.91 Å². The maximum absolute atomic E-state index is 13.3. The van der Waals surface area contributed by atoms with Gasteiger partial charge in [0.2, 0.25) is 0 Å². The second-order valence-corrected chi connectivity index (χ2v) is 10.2. The summed E-state index contributed by atoms with van der Waals surface area (Å²) >= 11 is 0. The molecular formula is C21H26N4O4S. The molecular weight excluding hydrogens is 404 g/mol. The molecule has 2 aromatic rings. The topological polar surface area (TPSA) is 93.5 Å². The molecule has 1 aromatic heterocycles. The number of morpholine rings is 1. The third kappa shape index (κ3) is 3.44. The Morgan fingerprint density at radius 3 is 2.67 bits per heavy atom. The van der Waals surface area contributed by atoms with Crippen LogP contribution in [-0.2, 0) is 26.9 Å². The van der Waals surface area contributed by atoms with Crippen molar-refractivity contribution in [3.63, 3.8) is 0 Å². The number of carbonyl (C=O) groups is 1. The summed E-state index contributed by atoms with van der Waals surface area (Å²) in [5.41, 5.74) is 2.26. The van der Waals surface area contributed by atoms with E-state index in [1.165, 1.54) is 0 Å². The highest BCUT2D eigenvalue weighted by Crippen LogP contribution is 2.40. The number of sulfone groups is 1. The fourth-order valence-electron chi connectivity index (χ4n) is 4.67. The lowest BCUT2D eigenvalue weighted by molar-refractivity contribution is 0.0297. The molecule has 0 unspecified atom stereocenters. The summed E-state index contributed by atoms with van der Waals surface area (Å²) in [5, 5.41) is 8.10. The predicted molar refractivity (Wildman–Crippen MR) is 111 cm³/mol. The van der Waals surface area contributed by atoms with Gasteiger partial charge >= 0.3 is 0 Å². The van der Waals surface area contributed by atoms with Crippen molar-refractivity contribution >= 4 is 15.7 Å². The van der Waals surface area contributed by atoms with Gasteiger partial charge in [-0.05, 0) is 37.9 Å². The summed E-state index contributed by atoms with van der Waals surface area (Å²) < 4.78 is 33.2. The van der Waals surface area contributed by atoms with Gasteiger partial charge in [0, 0.05) is 30.8 Å². The third-order valence-corrected chi connectivity index (χ3v) is 7.95. The van der Waals surface area contributed by atoms with Crippen molar-refractivity contribution in [3.05, 3.63) is 35.5 Å². The van der Waals surface area contributed by atoms with E-state index in [4.69, 9.17) is 9.84 Å². The molecule has 0 aliphatic carbocycles. The molecule has 2 saturated heterocycles. The first-order chi connectivity index (χ1) is 14.5. The maximum Gasteiger partial charge on any atom is 0.274 e. The minimum atomic E-state index is -3.52. The monoisotopic (exact) mass is 430 g/mol. The third-order valence-electron chi connectivity index (χ3n) is 6.25. The Morgan fingerprint density at radius 2 is 1.90 bits per heavy atom. The maximum atomic E-state index is 13.3. The average Bonchev–Trinajstić information content (AvgIpc) is 3.12. The number of fused-ring (bicyclic) bond motifs is 3. The van der Waals surface area contributed by atoms with Crippen LogP contribution >= 0.6 is 0 Å². The van der Waals surface area contributed by atoms with E-state index in [-0.39, 0.29) is 17.4 Å². The highest BCUT2D eigenvalue weighted by atomic mass is 32.2. The van der Waals surface area contributed by atoms with Crippen LogP contribution in [0.5, 0.6) is 0 Å². The number of hydrogen-bond donors (Lipinski definition) is 1. The summed E-state index contributed by atoms with van der Waals surface area (Å²) in [4.78, 5) is 15.3. The number of hydrogen-bond acceptors (Lipinski definition) is 6. The minimum absolute atomic E-state index is 0.184. The molecule has 9 heteroatoms. The van der Waals surface area contributed by atoms with Crippen LogP contribution < -0.4 is 5.32 Å². The molecule has 160 valence electrons. The number of carbonyl (C=O) groups excluding carboxylic acids is 1. The number of rotatable bonds is 3. The smallest absolute Gasteiger partial charge is 0.274 e. The lowest BCUT2D eigenvalue weighted by Crippen LogP contribution is -2.41. The van der Waals surface area contributed by atoms with E-state index in [0.717, 1.165) is 31.6 Å². The molecule has 1 aromatic carbocycles. The van der Waals surface area contributed by atoms with E-state index in [0.29, 0.717) is 54.8 Å². The summed E-state index contributed by atoms with van der Waals surface area (Å²) in [6.45, 7) is 4.61. The molecule has 5 rings (SSSR count). The Labute approximate surface area is 176 Å². The van der Waals surface area contributed by atoms with Crippen LogP contribution in [0.4, 0.5) is 0 Å². The van der Waals surface area contributed by atoms with Gasteiger partial charge in [-0.25, -0.2) is 8.42 Å². The highest BCUT2D eigenvalue weighted by molar-refractivity contribution is 7.90. The Kier molecular flexibility index (Phi) is 5.12. The molecule has 4 heterocycles. The lowest BCUT2D eigenvalue weighted by Gasteiger charge is -2.26.